The predicted octanol–water partition coefficient (Wildman–Crippen LogP) is 4.41. The molecule has 2 nitrogen and oxygen atoms in total. The van der Waals surface area contributed by atoms with Gasteiger partial charge in [0, 0.05) is 10.9 Å². The third-order valence-electron chi connectivity index (χ3n) is 2.58. The van der Waals surface area contributed by atoms with E-state index in [2.05, 4.69) is 32.2 Å². The Hall–Kier alpha value is -1.35. The molecule has 0 saturated heterocycles. The van der Waals surface area contributed by atoms with Crippen molar-refractivity contribution in [2.45, 2.75) is 27.2 Å². The highest BCUT2D eigenvalue weighted by Gasteiger charge is 2.14. The average molecular weight is 261 g/mol. The first-order valence-electron chi connectivity index (χ1n) is 6.07. The van der Waals surface area contributed by atoms with Gasteiger partial charge in [-0.25, -0.2) is 4.98 Å². The molecular formula is C15H19NOS. The molecule has 0 radical (unpaired) electrons. The Morgan fingerprint density at radius 2 is 2.06 bits per heavy atom. The molecule has 0 spiro atoms. The van der Waals surface area contributed by atoms with E-state index in [1.165, 1.54) is 5.69 Å². The summed E-state index contributed by atoms with van der Waals surface area (Å²) in [5.41, 5.74) is 2.57. The molecule has 96 valence electrons. The minimum Gasteiger partial charge on any atom is -0.497 e. The van der Waals surface area contributed by atoms with Gasteiger partial charge < -0.3 is 4.74 Å². The molecule has 0 amide bonds. The summed E-state index contributed by atoms with van der Waals surface area (Å²) in [7, 11) is 1.69. The molecule has 0 atom stereocenters. The number of ether oxygens (including phenoxy) is 1. The number of nitrogens with zero attached hydrogens (tertiary/aromatic N) is 1. The summed E-state index contributed by atoms with van der Waals surface area (Å²) in [6, 6.07) is 8.05. The van der Waals surface area contributed by atoms with Crippen molar-refractivity contribution in [3.8, 4) is 16.3 Å². The van der Waals surface area contributed by atoms with Gasteiger partial charge in [0.15, 0.2) is 0 Å². The Bertz CT molecular complexity index is 525. The summed E-state index contributed by atoms with van der Waals surface area (Å²) in [6.07, 6.45) is 1.01. The molecule has 0 unspecified atom stereocenters. The lowest BCUT2D eigenvalue weighted by Gasteiger charge is -2.15. The molecule has 0 N–H and O–H groups in total. The van der Waals surface area contributed by atoms with Gasteiger partial charge in [-0.05, 0) is 24.0 Å². The van der Waals surface area contributed by atoms with Crippen LogP contribution in [-0.4, -0.2) is 12.1 Å². The maximum atomic E-state index is 5.24. The second-order valence-corrected chi connectivity index (χ2v) is 6.47. The predicted molar refractivity (Wildman–Crippen MR) is 77.3 cm³/mol. The van der Waals surface area contributed by atoms with Gasteiger partial charge in [0.2, 0.25) is 0 Å². The minimum absolute atomic E-state index is 0.278. The maximum absolute atomic E-state index is 5.24. The van der Waals surface area contributed by atoms with E-state index in [9.17, 15) is 0 Å². The molecule has 2 rings (SSSR count). The molecule has 2 aromatic rings. The fraction of sp³-hybridized carbons (Fsp3) is 0.400. The van der Waals surface area contributed by atoms with Crippen molar-refractivity contribution in [3.05, 3.63) is 35.3 Å². The lowest BCUT2D eigenvalue weighted by Crippen LogP contribution is -2.09. The lowest BCUT2D eigenvalue weighted by molar-refractivity contribution is 0.407. The van der Waals surface area contributed by atoms with Crippen LogP contribution in [0.25, 0.3) is 10.6 Å². The van der Waals surface area contributed by atoms with Crippen LogP contribution in [-0.2, 0) is 6.42 Å². The van der Waals surface area contributed by atoms with Gasteiger partial charge in [0.05, 0.1) is 12.8 Å². The van der Waals surface area contributed by atoms with Crippen LogP contribution in [0, 0.1) is 5.41 Å². The van der Waals surface area contributed by atoms with E-state index >= 15 is 0 Å². The summed E-state index contributed by atoms with van der Waals surface area (Å²) < 4.78 is 5.24. The van der Waals surface area contributed by atoms with Gasteiger partial charge in [0.1, 0.15) is 10.8 Å². The van der Waals surface area contributed by atoms with E-state index in [1.54, 1.807) is 18.4 Å². The van der Waals surface area contributed by atoms with Crippen LogP contribution in [0.4, 0.5) is 0 Å². The van der Waals surface area contributed by atoms with Crippen LogP contribution in [0.2, 0.25) is 0 Å². The van der Waals surface area contributed by atoms with Crippen molar-refractivity contribution in [3.63, 3.8) is 0 Å². The molecule has 0 fully saturated rings. The first-order chi connectivity index (χ1) is 8.48. The Morgan fingerprint density at radius 1 is 1.28 bits per heavy atom. The molecule has 0 aliphatic carbocycles. The minimum atomic E-state index is 0.278. The zero-order chi connectivity index (χ0) is 13.2. The van der Waals surface area contributed by atoms with Crippen LogP contribution >= 0.6 is 11.3 Å². The van der Waals surface area contributed by atoms with Gasteiger partial charge in [-0.1, -0.05) is 32.9 Å². The molecule has 18 heavy (non-hydrogen) atoms. The first kappa shape index (κ1) is 13.1. The summed E-state index contributed by atoms with van der Waals surface area (Å²) >= 11 is 1.70. The van der Waals surface area contributed by atoms with Gasteiger partial charge >= 0.3 is 0 Å². The van der Waals surface area contributed by atoms with Crippen molar-refractivity contribution in [1.82, 2.24) is 4.98 Å². The van der Waals surface area contributed by atoms with Gasteiger partial charge in [-0.15, -0.1) is 11.3 Å². The zero-order valence-corrected chi connectivity index (χ0v) is 12.2. The third-order valence-corrected chi connectivity index (χ3v) is 3.52. The molecule has 0 aliphatic rings. The maximum Gasteiger partial charge on any atom is 0.123 e. The number of rotatable bonds is 3. The van der Waals surface area contributed by atoms with Crippen molar-refractivity contribution >= 4 is 11.3 Å². The second kappa shape index (κ2) is 5.11. The van der Waals surface area contributed by atoms with E-state index in [0.29, 0.717) is 0 Å². The number of hydrogen-bond acceptors (Lipinski definition) is 3. The molecule has 1 aromatic carbocycles. The summed E-state index contributed by atoms with van der Waals surface area (Å²) in [5, 5.41) is 3.22. The fourth-order valence-electron chi connectivity index (χ4n) is 1.82. The molecule has 0 saturated carbocycles. The van der Waals surface area contributed by atoms with Crippen LogP contribution in [0.5, 0.6) is 5.75 Å². The van der Waals surface area contributed by atoms with Crippen molar-refractivity contribution in [2.75, 3.05) is 7.11 Å². The zero-order valence-electron chi connectivity index (χ0n) is 11.4. The molecule has 1 aromatic heterocycles. The van der Waals surface area contributed by atoms with Crippen LogP contribution in [0.15, 0.2) is 29.6 Å². The topological polar surface area (TPSA) is 22.1 Å². The van der Waals surface area contributed by atoms with E-state index in [-0.39, 0.29) is 5.41 Å². The Kier molecular flexibility index (Phi) is 3.71. The van der Waals surface area contributed by atoms with Crippen LogP contribution in [0.1, 0.15) is 26.5 Å². The SMILES string of the molecule is COc1cccc(-c2nc(CC(C)(C)C)cs2)c1. The van der Waals surface area contributed by atoms with Crippen LogP contribution < -0.4 is 4.74 Å². The molecule has 0 bridgehead atoms. The van der Waals surface area contributed by atoms with Gasteiger partial charge in [-0.3, -0.25) is 0 Å². The van der Waals surface area contributed by atoms with Crippen molar-refractivity contribution in [1.29, 1.82) is 0 Å². The smallest absolute Gasteiger partial charge is 0.123 e. The average Bonchev–Trinajstić information content (AvgIpc) is 2.75. The first-order valence-corrected chi connectivity index (χ1v) is 6.95. The normalized spacial score (nSPS) is 11.6. The number of aromatic nitrogens is 1. The number of methoxy groups -OCH3 is 1. The van der Waals surface area contributed by atoms with E-state index in [1.807, 2.05) is 18.2 Å². The monoisotopic (exact) mass is 261 g/mol. The summed E-state index contributed by atoms with van der Waals surface area (Å²) in [4.78, 5) is 4.70. The fourth-order valence-corrected chi connectivity index (χ4v) is 2.64. The van der Waals surface area contributed by atoms with E-state index in [0.717, 1.165) is 22.7 Å². The Balaban J connectivity index is 2.23. The number of benzene rings is 1. The number of thiazole rings is 1. The van der Waals surface area contributed by atoms with E-state index in [4.69, 9.17) is 9.72 Å². The lowest BCUT2D eigenvalue weighted by atomic mass is 9.91. The van der Waals surface area contributed by atoms with E-state index < -0.39 is 0 Å². The molecule has 0 aliphatic heterocycles. The van der Waals surface area contributed by atoms with Gasteiger partial charge in [0.25, 0.3) is 0 Å². The largest absolute Gasteiger partial charge is 0.497 e. The third kappa shape index (κ3) is 3.33. The molecular weight excluding hydrogens is 242 g/mol. The Morgan fingerprint density at radius 3 is 2.72 bits per heavy atom. The second-order valence-electron chi connectivity index (χ2n) is 5.61. The quantitative estimate of drug-likeness (QED) is 0.816. The highest BCUT2D eigenvalue weighted by atomic mass is 32.1. The summed E-state index contributed by atoms with van der Waals surface area (Å²) in [6.45, 7) is 6.70. The van der Waals surface area contributed by atoms with Crippen molar-refractivity contribution in [2.24, 2.45) is 5.41 Å². The number of hydrogen-bond donors (Lipinski definition) is 0. The summed E-state index contributed by atoms with van der Waals surface area (Å²) in [5.74, 6) is 0.875. The highest BCUT2D eigenvalue weighted by Crippen LogP contribution is 2.29. The van der Waals surface area contributed by atoms with Crippen molar-refractivity contribution < 1.29 is 4.74 Å². The molecule has 1 heterocycles. The van der Waals surface area contributed by atoms with Crippen LogP contribution in [0.3, 0.4) is 0 Å². The molecule has 3 heteroatoms. The van der Waals surface area contributed by atoms with Gasteiger partial charge in [-0.2, -0.15) is 0 Å². The standard InChI is InChI=1S/C15H19NOS/c1-15(2,3)9-12-10-18-14(16-12)11-6-5-7-13(8-11)17-4/h5-8,10H,9H2,1-4H3. The highest BCUT2D eigenvalue weighted by molar-refractivity contribution is 7.13. The Labute approximate surface area is 113 Å².